The zero-order valence-electron chi connectivity index (χ0n) is 30.0. The van der Waals surface area contributed by atoms with Crippen molar-refractivity contribution in [2.24, 2.45) is 5.92 Å². The van der Waals surface area contributed by atoms with Crippen LogP contribution in [0.25, 0.3) is 11.0 Å². The molecule has 1 fully saturated rings. The number of ether oxygens (including phenoxy) is 2. The average molecular weight is 747 g/mol. The molecule has 13 heteroatoms. The van der Waals surface area contributed by atoms with Crippen molar-refractivity contribution in [1.82, 2.24) is 15.2 Å². The number of amides is 1. The predicted molar refractivity (Wildman–Crippen MR) is 205 cm³/mol. The van der Waals surface area contributed by atoms with Crippen LogP contribution in [0, 0.1) is 5.92 Å². The van der Waals surface area contributed by atoms with Gasteiger partial charge in [0.2, 0.25) is 5.91 Å². The summed E-state index contributed by atoms with van der Waals surface area (Å²) in [6, 6.07) is 7.56. The molecule has 2 aromatic heterocycles. The van der Waals surface area contributed by atoms with Gasteiger partial charge in [-0.3, -0.25) is 4.79 Å². The van der Waals surface area contributed by atoms with E-state index in [1.54, 1.807) is 53.8 Å². The number of aryl methyl sites for hydroxylation is 1. The van der Waals surface area contributed by atoms with Gasteiger partial charge in [-0.1, -0.05) is 39.3 Å². The van der Waals surface area contributed by atoms with Crippen LogP contribution in [0.3, 0.4) is 0 Å². The Bertz CT molecular complexity index is 2030. The van der Waals surface area contributed by atoms with Crippen LogP contribution in [0.5, 0.6) is 5.75 Å². The number of carbonyl (C=O) groups is 2. The average Bonchev–Trinajstić information content (AvgIpc) is 3.48. The molecule has 276 valence electrons. The van der Waals surface area contributed by atoms with Crippen molar-refractivity contribution in [3.05, 3.63) is 86.4 Å². The lowest BCUT2D eigenvalue weighted by molar-refractivity contribution is -0.183. The molecule has 5 heterocycles. The van der Waals surface area contributed by atoms with Crippen LogP contribution in [0.1, 0.15) is 61.8 Å². The number of nitrogen functional groups attached to an aromatic ring is 1. The molecule has 4 aliphatic rings. The third-order valence-corrected chi connectivity index (χ3v) is 13.7. The molecule has 1 saturated heterocycles. The number of pyridine rings is 1. The summed E-state index contributed by atoms with van der Waals surface area (Å²) < 4.78 is 19.5. The summed E-state index contributed by atoms with van der Waals surface area (Å²) in [5.74, 6) is 1.88. The maximum atomic E-state index is 14.0. The Labute approximate surface area is 311 Å². The van der Waals surface area contributed by atoms with Gasteiger partial charge >= 0.3 is 11.6 Å². The zero-order chi connectivity index (χ0) is 36.8. The smallest absolute Gasteiger partial charge is 0.339 e. The first-order valence-electron chi connectivity index (χ1n) is 17.9. The van der Waals surface area contributed by atoms with Crippen molar-refractivity contribution in [1.29, 1.82) is 0 Å². The molecular weight excluding hydrogens is 701 g/mol. The molecule has 7 rings (SSSR count). The second kappa shape index (κ2) is 14.6. The second-order valence-electron chi connectivity index (χ2n) is 14.5. The van der Waals surface area contributed by atoms with Gasteiger partial charge in [-0.05, 0) is 75.5 Å². The van der Waals surface area contributed by atoms with Crippen LogP contribution in [0.15, 0.2) is 63.0 Å². The van der Waals surface area contributed by atoms with Gasteiger partial charge in [-0.15, -0.1) is 0 Å². The number of fused-ring (bicyclic) bond motifs is 7. The van der Waals surface area contributed by atoms with Gasteiger partial charge in [0.25, 0.3) is 0 Å². The highest BCUT2D eigenvalue weighted by atomic mass is 33.1. The van der Waals surface area contributed by atoms with Crippen LogP contribution in [0.2, 0.25) is 0 Å². The number of aromatic nitrogens is 1. The Kier molecular flexibility index (Phi) is 10.2. The van der Waals surface area contributed by atoms with E-state index in [-0.39, 0.29) is 25.0 Å². The number of rotatable bonds is 7. The van der Waals surface area contributed by atoms with Gasteiger partial charge in [-0.25, -0.2) is 14.6 Å². The predicted octanol–water partition coefficient (Wildman–Crippen LogP) is 4.73. The Morgan fingerprint density at radius 1 is 1.23 bits per heavy atom. The van der Waals surface area contributed by atoms with Crippen molar-refractivity contribution in [3.8, 4) is 5.75 Å². The van der Waals surface area contributed by atoms with E-state index in [0.717, 1.165) is 39.9 Å². The summed E-state index contributed by atoms with van der Waals surface area (Å²) in [5.41, 5.74) is 8.57. The van der Waals surface area contributed by atoms with E-state index in [1.807, 2.05) is 37.1 Å². The number of carbonyl (C=O) groups excluding carboxylic acids is 2. The zero-order valence-corrected chi connectivity index (χ0v) is 31.7. The molecule has 3 aliphatic heterocycles. The van der Waals surface area contributed by atoms with Gasteiger partial charge in [0.1, 0.15) is 17.2 Å². The highest BCUT2D eigenvalue weighted by molar-refractivity contribution is 8.76. The van der Waals surface area contributed by atoms with E-state index in [4.69, 9.17) is 19.6 Å². The number of nitrogens with one attached hydrogen (secondary N) is 1. The van der Waals surface area contributed by atoms with Crippen LogP contribution in [0.4, 0.5) is 5.82 Å². The minimum absolute atomic E-state index is 0.0291. The van der Waals surface area contributed by atoms with Crippen molar-refractivity contribution >= 4 is 50.3 Å². The molecule has 3 aromatic rings. The van der Waals surface area contributed by atoms with E-state index >= 15 is 0 Å². The van der Waals surface area contributed by atoms with Crippen molar-refractivity contribution in [2.75, 3.05) is 44.0 Å². The molecule has 11 nitrogen and oxygen atoms in total. The fourth-order valence-corrected chi connectivity index (χ4v) is 10.8. The lowest BCUT2D eigenvalue weighted by Crippen LogP contribution is -2.64. The molecular formula is C39H46N4O7S2. The molecule has 1 aromatic carbocycles. The Hall–Kier alpha value is -3.78. The van der Waals surface area contributed by atoms with Gasteiger partial charge < -0.3 is 34.9 Å². The molecule has 5 unspecified atom stereocenters. The molecule has 0 saturated carbocycles. The van der Waals surface area contributed by atoms with E-state index in [9.17, 15) is 19.5 Å². The number of esters is 1. The van der Waals surface area contributed by atoms with Crippen molar-refractivity contribution in [3.63, 3.8) is 0 Å². The number of hydrogen-bond donors (Lipinski definition) is 3. The van der Waals surface area contributed by atoms with Gasteiger partial charge in [0.05, 0.1) is 12.3 Å². The topological polar surface area (TPSA) is 157 Å². The van der Waals surface area contributed by atoms with E-state index in [0.29, 0.717) is 72.2 Å². The monoisotopic (exact) mass is 746 g/mol. The largest absolute Gasteiger partial charge is 0.481 e. The summed E-state index contributed by atoms with van der Waals surface area (Å²) in [4.78, 5) is 47.0. The van der Waals surface area contributed by atoms with E-state index in [1.165, 1.54) is 0 Å². The summed E-state index contributed by atoms with van der Waals surface area (Å²) >= 11 is 0. The summed E-state index contributed by atoms with van der Waals surface area (Å²) in [6.07, 6.45) is 7.38. The van der Waals surface area contributed by atoms with Crippen LogP contribution < -0.4 is 21.4 Å². The van der Waals surface area contributed by atoms with Crippen molar-refractivity contribution < 1.29 is 28.6 Å². The lowest BCUT2D eigenvalue weighted by atomic mass is 9.61. The summed E-state index contributed by atoms with van der Waals surface area (Å²) in [7, 11) is 5.48. The summed E-state index contributed by atoms with van der Waals surface area (Å²) in [5, 5.41) is 13.4. The number of aliphatic hydroxyl groups is 1. The van der Waals surface area contributed by atoms with E-state index in [2.05, 4.69) is 16.4 Å². The molecule has 5 atom stereocenters. The number of benzene rings is 1. The van der Waals surface area contributed by atoms with Crippen LogP contribution in [-0.4, -0.2) is 82.4 Å². The molecule has 1 spiro atoms. The fraction of sp³-hybridized carbons (Fsp3) is 0.487. The molecule has 0 radical (unpaired) electrons. The Morgan fingerprint density at radius 2 is 2.06 bits per heavy atom. The number of aliphatic hydroxyl groups excluding tert-OH is 1. The number of hydrogen-bond acceptors (Lipinski definition) is 12. The Morgan fingerprint density at radius 3 is 2.83 bits per heavy atom. The SMILES string of the molecule is CC=C(C)C(=O)OC1(C)CC=C2CSSCC3C(CNC)CN3C(=O)Cc3cnc(N)cc3C2C12Cc1cc3cc(CCCO)c(=O)oc3cc1O2. The number of anilines is 1. The fourth-order valence-electron chi connectivity index (χ4n) is 8.26. The van der Waals surface area contributed by atoms with Gasteiger partial charge in [-0.2, -0.15) is 0 Å². The standard InChI is InChI=1S/C39H46N4O7S2/c1-5-22(2)36(46)50-38(3)9-8-24-20-51-52-21-30-28(17-41-4)19-43(30)34(45)13-27-18-42-33(40)14-29(27)35(24)39(38)16-26-12-25-11-23(7-6-10-44)37(47)48-31(25)15-32(26)49-39/h5,8,11-12,14-15,18,28,30,35,41,44H,6-7,9-10,13,16-17,19-21H2,1-4H3,(H2,40,42). The number of nitrogens with zero attached hydrogens (tertiary/aromatic N) is 2. The number of nitrogens with two attached hydrogens (primary N) is 1. The minimum Gasteiger partial charge on any atom is -0.481 e. The molecule has 4 N–H and O–H groups in total. The second-order valence-corrected chi connectivity index (χ2v) is 17.0. The van der Waals surface area contributed by atoms with E-state index < -0.39 is 28.7 Å². The molecule has 0 bridgehead atoms. The lowest BCUT2D eigenvalue weighted by Gasteiger charge is -2.52. The molecule has 52 heavy (non-hydrogen) atoms. The first-order chi connectivity index (χ1) is 25.0. The number of allylic oxidation sites excluding steroid dienone is 1. The molecule has 1 aliphatic carbocycles. The highest BCUT2D eigenvalue weighted by Crippen LogP contribution is 2.58. The first-order valence-corrected chi connectivity index (χ1v) is 20.4. The summed E-state index contributed by atoms with van der Waals surface area (Å²) in [6.45, 7) is 7.00. The quantitative estimate of drug-likeness (QED) is 0.101. The first kappa shape index (κ1) is 36.6. The Balaban J connectivity index is 1.38. The maximum absolute atomic E-state index is 14.0. The van der Waals surface area contributed by atoms with Crippen molar-refractivity contribution in [2.45, 2.75) is 76.0 Å². The van der Waals surface area contributed by atoms with Crippen LogP contribution in [-0.2, 0) is 33.6 Å². The third kappa shape index (κ3) is 6.43. The van der Waals surface area contributed by atoms with Crippen LogP contribution >= 0.6 is 21.6 Å². The highest BCUT2D eigenvalue weighted by Gasteiger charge is 2.64. The van der Waals surface area contributed by atoms with Gasteiger partial charge in [0, 0.05) is 84.8 Å². The minimum atomic E-state index is -1.17. The third-order valence-electron chi connectivity index (χ3n) is 11.3. The maximum Gasteiger partial charge on any atom is 0.339 e. The molecule has 1 amide bonds. The normalized spacial score (nSPS) is 27.3. The van der Waals surface area contributed by atoms with Gasteiger partial charge in [0.15, 0.2) is 11.2 Å².